The monoisotopic (exact) mass is 344 g/mol. The van der Waals surface area contributed by atoms with Crippen LogP contribution in [0.15, 0.2) is 18.2 Å². The maximum absolute atomic E-state index is 12.8. The van der Waals surface area contributed by atoms with E-state index >= 15 is 0 Å². The quantitative estimate of drug-likeness (QED) is 0.665. The van der Waals surface area contributed by atoms with Gasteiger partial charge >= 0.3 is 0 Å². The highest BCUT2D eigenvalue weighted by Gasteiger charge is 2.39. The van der Waals surface area contributed by atoms with Crippen molar-refractivity contribution in [3.05, 3.63) is 34.9 Å². The van der Waals surface area contributed by atoms with Crippen LogP contribution in [0.4, 0.5) is 0 Å². The van der Waals surface area contributed by atoms with Crippen LogP contribution in [0.25, 0.3) is 0 Å². The van der Waals surface area contributed by atoms with Gasteiger partial charge in [0, 0.05) is 37.2 Å². The number of hydrogen-bond acceptors (Lipinski definition) is 5. The lowest BCUT2D eigenvalue weighted by molar-refractivity contribution is -0.136. The number of imide groups is 1. The molecule has 0 spiro atoms. The SMILES string of the molecule is CC(C)(CN)NCc1ccc2c(c1)C(=O)N(C1CCC(=O)NC1=O)C2. The molecule has 2 aliphatic heterocycles. The molecule has 0 aliphatic carbocycles. The van der Waals surface area contributed by atoms with Gasteiger partial charge in [0.2, 0.25) is 11.8 Å². The number of carbonyl (C=O) groups is 3. The third-order valence-corrected chi connectivity index (χ3v) is 4.87. The van der Waals surface area contributed by atoms with Gasteiger partial charge in [0.25, 0.3) is 5.91 Å². The van der Waals surface area contributed by atoms with Gasteiger partial charge in [-0.2, -0.15) is 0 Å². The maximum Gasteiger partial charge on any atom is 0.255 e. The molecule has 1 saturated heterocycles. The van der Waals surface area contributed by atoms with E-state index in [0.29, 0.717) is 31.6 Å². The van der Waals surface area contributed by atoms with Crippen molar-refractivity contribution in [3.8, 4) is 0 Å². The molecule has 2 heterocycles. The highest BCUT2D eigenvalue weighted by atomic mass is 16.2. The average molecular weight is 344 g/mol. The van der Waals surface area contributed by atoms with Gasteiger partial charge in [-0.15, -0.1) is 0 Å². The van der Waals surface area contributed by atoms with Crippen molar-refractivity contribution < 1.29 is 14.4 Å². The van der Waals surface area contributed by atoms with Crippen molar-refractivity contribution >= 4 is 17.7 Å². The molecule has 2 aliphatic rings. The summed E-state index contributed by atoms with van der Waals surface area (Å²) in [6.45, 7) is 5.58. The lowest BCUT2D eigenvalue weighted by Crippen LogP contribution is -2.52. The van der Waals surface area contributed by atoms with E-state index in [-0.39, 0.29) is 29.7 Å². The van der Waals surface area contributed by atoms with Crippen LogP contribution >= 0.6 is 0 Å². The Morgan fingerprint density at radius 2 is 2.08 bits per heavy atom. The first-order chi connectivity index (χ1) is 11.8. The topological polar surface area (TPSA) is 105 Å². The van der Waals surface area contributed by atoms with E-state index in [1.165, 1.54) is 0 Å². The Morgan fingerprint density at radius 3 is 2.76 bits per heavy atom. The standard InChI is InChI=1S/C18H24N4O3/c1-18(2,10-19)20-8-11-3-4-12-9-22(17(25)13(12)7-11)14-5-6-15(23)21-16(14)24/h3-4,7,14,20H,5-6,8-10,19H2,1-2H3,(H,21,23,24). The number of rotatable bonds is 5. The van der Waals surface area contributed by atoms with E-state index in [1.807, 2.05) is 32.0 Å². The average Bonchev–Trinajstić information content (AvgIpc) is 2.90. The first-order valence-corrected chi connectivity index (χ1v) is 8.52. The second-order valence-corrected chi connectivity index (χ2v) is 7.33. The van der Waals surface area contributed by atoms with Crippen molar-refractivity contribution in [2.75, 3.05) is 6.54 Å². The molecule has 4 N–H and O–H groups in total. The highest BCUT2D eigenvalue weighted by Crippen LogP contribution is 2.28. The van der Waals surface area contributed by atoms with Crippen LogP contribution in [0.1, 0.15) is 48.2 Å². The van der Waals surface area contributed by atoms with Crippen molar-refractivity contribution in [2.45, 2.75) is 51.4 Å². The molecule has 7 heteroatoms. The maximum atomic E-state index is 12.8. The molecule has 0 saturated carbocycles. The predicted octanol–water partition coefficient (Wildman–Crippen LogP) is 0.275. The summed E-state index contributed by atoms with van der Waals surface area (Å²) in [5.74, 6) is -0.810. The molecule has 25 heavy (non-hydrogen) atoms. The third-order valence-electron chi connectivity index (χ3n) is 4.87. The molecular weight excluding hydrogens is 320 g/mol. The summed E-state index contributed by atoms with van der Waals surface area (Å²) < 4.78 is 0. The van der Waals surface area contributed by atoms with Gasteiger partial charge in [-0.1, -0.05) is 12.1 Å². The lowest BCUT2D eigenvalue weighted by Gasteiger charge is -2.29. The van der Waals surface area contributed by atoms with Crippen molar-refractivity contribution in [1.29, 1.82) is 0 Å². The number of amides is 3. The number of piperidine rings is 1. The van der Waals surface area contributed by atoms with Gasteiger partial charge in [-0.25, -0.2) is 0 Å². The van der Waals surface area contributed by atoms with Crippen LogP contribution in [-0.2, 0) is 22.7 Å². The summed E-state index contributed by atoms with van der Waals surface area (Å²) in [4.78, 5) is 37.7. The van der Waals surface area contributed by atoms with Crippen molar-refractivity contribution in [1.82, 2.24) is 15.5 Å². The van der Waals surface area contributed by atoms with Gasteiger partial charge in [-0.3, -0.25) is 19.7 Å². The minimum Gasteiger partial charge on any atom is -0.329 e. The minimum atomic E-state index is -0.574. The number of nitrogens with zero attached hydrogens (tertiary/aromatic N) is 1. The van der Waals surface area contributed by atoms with Crippen LogP contribution in [0.2, 0.25) is 0 Å². The largest absolute Gasteiger partial charge is 0.329 e. The second kappa shape index (κ2) is 6.57. The Kier molecular flexibility index (Phi) is 4.62. The van der Waals surface area contributed by atoms with Crippen LogP contribution in [0.3, 0.4) is 0 Å². The van der Waals surface area contributed by atoms with Gasteiger partial charge in [0.05, 0.1) is 0 Å². The second-order valence-electron chi connectivity index (χ2n) is 7.33. The molecule has 3 amide bonds. The number of carbonyl (C=O) groups excluding carboxylic acids is 3. The Hall–Kier alpha value is -2.25. The van der Waals surface area contributed by atoms with Crippen LogP contribution in [-0.4, -0.2) is 40.7 Å². The normalized spacial score (nSPS) is 20.7. The van der Waals surface area contributed by atoms with E-state index < -0.39 is 6.04 Å². The van der Waals surface area contributed by atoms with Gasteiger partial charge < -0.3 is 16.0 Å². The van der Waals surface area contributed by atoms with E-state index in [9.17, 15) is 14.4 Å². The number of benzene rings is 1. The number of nitrogens with two attached hydrogens (primary N) is 1. The zero-order valence-corrected chi connectivity index (χ0v) is 14.6. The molecule has 1 atom stereocenters. The van der Waals surface area contributed by atoms with Crippen molar-refractivity contribution in [2.24, 2.45) is 5.73 Å². The molecule has 0 aromatic heterocycles. The summed E-state index contributed by atoms with van der Waals surface area (Å²) in [5, 5.41) is 5.68. The zero-order valence-electron chi connectivity index (χ0n) is 14.6. The van der Waals surface area contributed by atoms with Gasteiger partial charge in [0.1, 0.15) is 6.04 Å². The predicted molar refractivity (Wildman–Crippen MR) is 92.5 cm³/mol. The Balaban J connectivity index is 1.74. The molecule has 7 nitrogen and oxygen atoms in total. The number of fused-ring (bicyclic) bond motifs is 1. The molecule has 134 valence electrons. The zero-order chi connectivity index (χ0) is 18.2. The summed E-state index contributed by atoms with van der Waals surface area (Å²) in [5.41, 5.74) is 8.09. The summed E-state index contributed by atoms with van der Waals surface area (Å²) in [6.07, 6.45) is 0.642. The minimum absolute atomic E-state index is 0.149. The van der Waals surface area contributed by atoms with E-state index in [4.69, 9.17) is 5.73 Å². The highest BCUT2D eigenvalue weighted by molar-refractivity contribution is 6.05. The van der Waals surface area contributed by atoms with Crippen LogP contribution < -0.4 is 16.4 Å². The summed E-state index contributed by atoms with van der Waals surface area (Å²) >= 11 is 0. The molecule has 1 fully saturated rings. The Bertz CT molecular complexity index is 729. The number of hydrogen-bond donors (Lipinski definition) is 3. The van der Waals surface area contributed by atoms with Crippen molar-refractivity contribution in [3.63, 3.8) is 0 Å². The molecular formula is C18H24N4O3. The van der Waals surface area contributed by atoms with E-state index in [1.54, 1.807) is 4.90 Å². The lowest BCUT2D eigenvalue weighted by atomic mass is 10.0. The van der Waals surface area contributed by atoms with Gasteiger partial charge in [0.15, 0.2) is 0 Å². The molecule has 0 radical (unpaired) electrons. The molecule has 1 aromatic carbocycles. The fraction of sp³-hybridized carbons (Fsp3) is 0.500. The molecule has 0 bridgehead atoms. The summed E-state index contributed by atoms with van der Waals surface area (Å²) in [6, 6.07) is 5.23. The molecule has 1 aromatic rings. The van der Waals surface area contributed by atoms with Crippen LogP contribution in [0.5, 0.6) is 0 Å². The first-order valence-electron chi connectivity index (χ1n) is 8.52. The van der Waals surface area contributed by atoms with Crippen LogP contribution in [0, 0.1) is 0 Å². The number of nitrogens with one attached hydrogen (secondary N) is 2. The van der Waals surface area contributed by atoms with Gasteiger partial charge in [-0.05, 0) is 37.5 Å². The smallest absolute Gasteiger partial charge is 0.255 e. The third kappa shape index (κ3) is 3.57. The summed E-state index contributed by atoms with van der Waals surface area (Å²) in [7, 11) is 0. The van der Waals surface area contributed by atoms with E-state index in [2.05, 4.69) is 10.6 Å². The fourth-order valence-corrected chi connectivity index (χ4v) is 3.13. The molecule has 1 unspecified atom stereocenters. The Morgan fingerprint density at radius 1 is 1.32 bits per heavy atom. The molecule has 3 rings (SSSR count). The first kappa shape index (κ1) is 17.6. The fourth-order valence-electron chi connectivity index (χ4n) is 3.13. The van der Waals surface area contributed by atoms with E-state index in [0.717, 1.165) is 11.1 Å². The Labute approximate surface area is 146 Å².